The van der Waals surface area contributed by atoms with E-state index in [9.17, 15) is 10.1 Å². The quantitative estimate of drug-likeness (QED) is 0.364. The molecule has 1 aromatic carbocycles. The summed E-state index contributed by atoms with van der Waals surface area (Å²) in [7, 11) is 0. The van der Waals surface area contributed by atoms with Crippen LogP contribution in [-0.4, -0.2) is 26.5 Å². The van der Waals surface area contributed by atoms with Crippen LogP contribution in [0, 0.1) is 13.7 Å². The van der Waals surface area contributed by atoms with Crippen LogP contribution >= 0.6 is 22.6 Å². The fourth-order valence-corrected chi connectivity index (χ4v) is 2.30. The van der Waals surface area contributed by atoms with E-state index in [4.69, 9.17) is 0 Å². The molecule has 0 aliphatic carbocycles. The van der Waals surface area contributed by atoms with Crippen LogP contribution in [0.15, 0.2) is 30.6 Å². The van der Waals surface area contributed by atoms with Gasteiger partial charge in [-0.15, -0.1) is 5.10 Å². The first kappa shape index (κ1) is 13.7. The normalized spacial score (nSPS) is 10.4. The highest BCUT2D eigenvalue weighted by atomic mass is 127. The molecule has 0 saturated heterocycles. The van der Waals surface area contributed by atoms with Gasteiger partial charge >= 0.3 is 0 Å². The van der Waals surface area contributed by atoms with Crippen molar-refractivity contribution in [3.05, 3.63) is 44.3 Å². The number of nitrogens with one attached hydrogen (secondary N) is 1. The van der Waals surface area contributed by atoms with E-state index in [0.29, 0.717) is 3.57 Å². The summed E-state index contributed by atoms with van der Waals surface area (Å²) in [4.78, 5) is 10.3. The minimum absolute atomic E-state index is 0.133. The molecule has 8 heteroatoms. The lowest BCUT2D eigenvalue weighted by Gasteiger charge is -2.06. The maximum Gasteiger partial charge on any atom is 0.282 e. The summed E-state index contributed by atoms with van der Waals surface area (Å²) in [6.45, 7) is 1.56. The SMILES string of the molecule is O=[N+]([O-])c1ccc(NCCCn2ccnn2)cc1I. The van der Waals surface area contributed by atoms with E-state index < -0.39 is 0 Å². The third-order valence-corrected chi connectivity index (χ3v) is 3.37. The van der Waals surface area contributed by atoms with Crippen LogP contribution in [0.3, 0.4) is 0 Å². The van der Waals surface area contributed by atoms with Crippen molar-refractivity contribution in [3.63, 3.8) is 0 Å². The third-order valence-electron chi connectivity index (χ3n) is 2.51. The third kappa shape index (κ3) is 3.88. The maximum atomic E-state index is 10.7. The van der Waals surface area contributed by atoms with E-state index in [1.54, 1.807) is 23.0 Å². The Balaban J connectivity index is 1.83. The van der Waals surface area contributed by atoms with E-state index in [1.165, 1.54) is 6.07 Å². The van der Waals surface area contributed by atoms with E-state index >= 15 is 0 Å². The van der Waals surface area contributed by atoms with Gasteiger partial charge in [-0.05, 0) is 41.1 Å². The lowest BCUT2D eigenvalue weighted by atomic mass is 10.3. The van der Waals surface area contributed by atoms with Gasteiger partial charge in [0, 0.05) is 31.0 Å². The maximum absolute atomic E-state index is 10.7. The van der Waals surface area contributed by atoms with Gasteiger partial charge < -0.3 is 5.32 Å². The number of hydrogen-bond acceptors (Lipinski definition) is 5. The molecule has 1 N–H and O–H groups in total. The number of benzene rings is 1. The minimum Gasteiger partial charge on any atom is -0.385 e. The van der Waals surface area contributed by atoms with Gasteiger partial charge in [-0.25, -0.2) is 0 Å². The fraction of sp³-hybridized carbons (Fsp3) is 0.273. The molecule has 0 aliphatic rings. The number of nitro groups is 1. The Morgan fingerprint density at radius 1 is 1.47 bits per heavy atom. The van der Waals surface area contributed by atoms with Crippen LogP contribution < -0.4 is 5.32 Å². The second-order valence-corrected chi connectivity index (χ2v) is 5.03. The van der Waals surface area contributed by atoms with Gasteiger partial charge in [0.1, 0.15) is 0 Å². The number of aryl methyl sites for hydroxylation is 1. The second kappa shape index (κ2) is 6.45. The first-order valence-corrected chi connectivity index (χ1v) is 6.76. The minimum atomic E-state index is -0.379. The topological polar surface area (TPSA) is 85.9 Å². The lowest BCUT2D eigenvalue weighted by molar-refractivity contribution is -0.385. The molecule has 7 nitrogen and oxygen atoms in total. The molecular weight excluding hydrogens is 361 g/mol. The van der Waals surface area contributed by atoms with Crippen molar-refractivity contribution in [1.29, 1.82) is 0 Å². The largest absolute Gasteiger partial charge is 0.385 e. The highest BCUT2D eigenvalue weighted by Gasteiger charge is 2.11. The Labute approximate surface area is 123 Å². The van der Waals surface area contributed by atoms with Gasteiger partial charge in [-0.2, -0.15) is 0 Å². The number of halogens is 1. The Morgan fingerprint density at radius 2 is 2.32 bits per heavy atom. The van der Waals surface area contributed by atoms with Crippen molar-refractivity contribution in [2.24, 2.45) is 0 Å². The molecule has 0 atom stereocenters. The molecule has 0 amide bonds. The van der Waals surface area contributed by atoms with Crippen molar-refractivity contribution in [1.82, 2.24) is 15.0 Å². The van der Waals surface area contributed by atoms with E-state index in [-0.39, 0.29) is 10.6 Å². The number of hydrogen-bond donors (Lipinski definition) is 1. The van der Waals surface area contributed by atoms with Crippen molar-refractivity contribution in [2.45, 2.75) is 13.0 Å². The zero-order chi connectivity index (χ0) is 13.7. The van der Waals surface area contributed by atoms with E-state index in [0.717, 1.165) is 25.2 Å². The molecule has 2 rings (SSSR count). The fourth-order valence-electron chi connectivity index (χ4n) is 1.59. The number of anilines is 1. The van der Waals surface area contributed by atoms with E-state index in [1.807, 2.05) is 28.8 Å². The van der Waals surface area contributed by atoms with Gasteiger partial charge in [-0.3, -0.25) is 14.8 Å². The molecule has 0 spiro atoms. The molecule has 0 unspecified atom stereocenters. The second-order valence-electron chi connectivity index (χ2n) is 3.87. The molecule has 0 bridgehead atoms. The zero-order valence-electron chi connectivity index (χ0n) is 9.99. The van der Waals surface area contributed by atoms with Crippen molar-refractivity contribution in [2.75, 3.05) is 11.9 Å². The molecule has 19 heavy (non-hydrogen) atoms. The zero-order valence-corrected chi connectivity index (χ0v) is 12.1. The van der Waals surface area contributed by atoms with Gasteiger partial charge in [0.15, 0.2) is 0 Å². The van der Waals surface area contributed by atoms with Crippen molar-refractivity contribution < 1.29 is 4.92 Å². The highest BCUT2D eigenvalue weighted by molar-refractivity contribution is 14.1. The van der Waals surface area contributed by atoms with Crippen LogP contribution in [0.4, 0.5) is 11.4 Å². The van der Waals surface area contributed by atoms with Gasteiger partial charge in [-0.1, -0.05) is 5.21 Å². The Kier molecular flexibility index (Phi) is 4.66. The first-order chi connectivity index (χ1) is 9.16. The smallest absolute Gasteiger partial charge is 0.282 e. The van der Waals surface area contributed by atoms with Crippen LogP contribution in [0.5, 0.6) is 0 Å². The molecule has 0 radical (unpaired) electrons. The lowest BCUT2D eigenvalue weighted by Crippen LogP contribution is -2.07. The Morgan fingerprint density at radius 3 is 2.95 bits per heavy atom. The number of rotatable bonds is 6. The summed E-state index contributed by atoms with van der Waals surface area (Å²) < 4.78 is 2.39. The van der Waals surface area contributed by atoms with Crippen LogP contribution in [-0.2, 0) is 6.54 Å². The number of aromatic nitrogens is 3. The van der Waals surface area contributed by atoms with Crippen molar-refractivity contribution >= 4 is 34.0 Å². The molecule has 1 aromatic heterocycles. The highest BCUT2D eigenvalue weighted by Crippen LogP contribution is 2.23. The van der Waals surface area contributed by atoms with Crippen LogP contribution in [0.1, 0.15) is 6.42 Å². The summed E-state index contributed by atoms with van der Waals surface area (Å²) in [6.07, 6.45) is 4.36. The molecule has 0 fully saturated rings. The summed E-state index contributed by atoms with van der Waals surface area (Å²) in [5.74, 6) is 0. The van der Waals surface area contributed by atoms with Gasteiger partial charge in [0.2, 0.25) is 0 Å². The van der Waals surface area contributed by atoms with E-state index in [2.05, 4.69) is 15.6 Å². The summed E-state index contributed by atoms with van der Waals surface area (Å²) >= 11 is 1.97. The van der Waals surface area contributed by atoms with Gasteiger partial charge in [0.25, 0.3) is 5.69 Å². The van der Waals surface area contributed by atoms with Crippen LogP contribution in [0.2, 0.25) is 0 Å². The molecule has 2 aromatic rings. The van der Waals surface area contributed by atoms with Crippen molar-refractivity contribution in [3.8, 4) is 0 Å². The molecule has 0 saturated carbocycles. The van der Waals surface area contributed by atoms with Gasteiger partial charge in [0.05, 0.1) is 14.7 Å². The predicted octanol–water partition coefficient (Wildman–Crippen LogP) is 2.29. The Hall–Kier alpha value is -1.71. The Bertz CT molecular complexity index is 558. The summed E-state index contributed by atoms with van der Waals surface area (Å²) in [5.41, 5.74) is 1.02. The monoisotopic (exact) mass is 373 g/mol. The average molecular weight is 373 g/mol. The predicted molar refractivity (Wildman–Crippen MR) is 78.9 cm³/mol. The molecular formula is C11H12IN5O2. The average Bonchev–Trinajstić information content (AvgIpc) is 2.87. The molecule has 1 heterocycles. The number of nitro benzene ring substituents is 1. The molecule has 0 aliphatic heterocycles. The standard InChI is InChI=1S/C11H12IN5O2/c12-10-8-9(2-3-11(10)17(18)19)13-4-1-6-16-7-5-14-15-16/h2-3,5,7-8,13H,1,4,6H2. The van der Waals surface area contributed by atoms with Crippen LogP contribution in [0.25, 0.3) is 0 Å². The number of nitrogens with zero attached hydrogens (tertiary/aromatic N) is 4. The summed E-state index contributed by atoms with van der Waals surface area (Å²) in [5, 5.41) is 21.5. The molecule has 100 valence electrons. The first-order valence-electron chi connectivity index (χ1n) is 5.69. The summed E-state index contributed by atoms with van der Waals surface area (Å²) in [6, 6.07) is 5.01.